The van der Waals surface area contributed by atoms with Crippen LogP contribution in [0.3, 0.4) is 0 Å². The molecule has 0 bridgehead atoms. The van der Waals surface area contributed by atoms with Crippen molar-refractivity contribution in [2.75, 3.05) is 0 Å². The molecule has 2 aromatic rings. The minimum atomic E-state index is -0.279. The lowest BCUT2D eigenvalue weighted by Crippen LogP contribution is -2.29. The summed E-state index contributed by atoms with van der Waals surface area (Å²) in [4.78, 5) is 16.3. The van der Waals surface area contributed by atoms with E-state index in [4.69, 9.17) is 4.52 Å². The average molecular weight is 277 g/mol. The highest BCUT2D eigenvalue weighted by Gasteiger charge is 2.19. The Hall–Kier alpha value is -2.18. The van der Waals surface area contributed by atoms with Gasteiger partial charge in [-0.15, -0.1) is 0 Å². The van der Waals surface area contributed by atoms with Crippen molar-refractivity contribution in [3.05, 3.63) is 29.7 Å². The predicted molar refractivity (Wildman–Crippen MR) is 72.2 cm³/mol. The standard InChI is InChI=1S/C13H19N5O2/c1-5-18-12(14-7-15-18)9(4)16-13(19)10-6-11(8(2)3)20-17-10/h6-9H,5H2,1-4H3,(H,16,19). The molecule has 0 aliphatic heterocycles. The summed E-state index contributed by atoms with van der Waals surface area (Å²) >= 11 is 0. The van der Waals surface area contributed by atoms with Gasteiger partial charge in [0.25, 0.3) is 5.91 Å². The topological polar surface area (TPSA) is 85.8 Å². The van der Waals surface area contributed by atoms with Crippen molar-refractivity contribution < 1.29 is 9.32 Å². The van der Waals surface area contributed by atoms with Crippen molar-refractivity contribution in [2.45, 2.75) is 46.2 Å². The molecule has 0 saturated heterocycles. The molecule has 7 nitrogen and oxygen atoms in total. The summed E-state index contributed by atoms with van der Waals surface area (Å²) in [6.45, 7) is 8.50. The number of aryl methyl sites for hydroxylation is 1. The van der Waals surface area contributed by atoms with E-state index in [-0.39, 0.29) is 23.6 Å². The molecule has 0 aromatic carbocycles. The molecule has 0 saturated carbocycles. The van der Waals surface area contributed by atoms with E-state index >= 15 is 0 Å². The maximum absolute atomic E-state index is 12.1. The molecule has 0 spiro atoms. The van der Waals surface area contributed by atoms with E-state index in [1.54, 1.807) is 10.7 Å². The van der Waals surface area contributed by atoms with Crippen LogP contribution in [0.5, 0.6) is 0 Å². The van der Waals surface area contributed by atoms with E-state index < -0.39 is 0 Å². The van der Waals surface area contributed by atoms with Crippen LogP contribution in [0.25, 0.3) is 0 Å². The third-order valence-corrected chi connectivity index (χ3v) is 3.01. The number of amides is 1. The Morgan fingerprint density at radius 1 is 1.45 bits per heavy atom. The van der Waals surface area contributed by atoms with Crippen LogP contribution >= 0.6 is 0 Å². The number of nitrogens with one attached hydrogen (secondary N) is 1. The molecule has 0 aliphatic rings. The van der Waals surface area contributed by atoms with Gasteiger partial charge in [0.2, 0.25) is 0 Å². The Morgan fingerprint density at radius 3 is 2.80 bits per heavy atom. The van der Waals surface area contributed by atoms with E-state index in [1.807, 2.05) is 27.7 Å². The fraction of sp³-hybridized carbons (Fsp3) is 0.538. The van der Waals surface area contributed by atoms with Crippen LogP contribution in [0.4, 0.5) is 0 Å². The lowest BCUT2D eigenvalue weighted by molar-refractivity contribution is 0.0928. The van der Waals surface area contributed by atoms with Crippen molar-refractivity contribution >= 4 is 5.91 Å². The first kappa shape index (κ1) is 14.2. The molecule has 1 atom stereocenters. The molecule has 2 heterocycles. The van der Waals surface area contributed by atoms with E-state index in [1.165, 1.54) is 6.33 Å². The van der Waals surface area contributed by atoms with Crippen molar-refractivity contribution in [1.29, 1.82) is 0 Å². The first-order chi connectivity index (χ1) is 9.52. The fourth-order valence-corrected chi connectivity index (χ4v) is 1.86. The zero-order valence-corrected chi connectivity index (χ0v) is 12.1. The van der Waals surface area contributed by atoms with Gasteiger partial charge in [-0.3, -0.25) is 4.79 Å². The molecule has 0 fully saturated rings. The molecule has 0 radical (unpaired) electrons. The molecule has 20 heavy (non-hydrogen) atoms. The second kappa shape index (κ2) is 5.85. The highest BCUT2D eigenvalue weighted by Crippen LogP contribution is 2.16. The quantitative estimate of drug-likeness (QED) is 0.902. The minimum absolute atomic E-state index is 0.199. The number of carbonyl (C=O) groups is 1. The second-order valence-corrected chi connectivity index (χ2v) is 4.90. The SMILES string of the molecule is CCn1ncnc1C(C)NC(=O)c1cc(C(C)C)on1. The molecular weight excluding hydrogens is 258 g/mol. The average Bonchev–Trinajstić information content (AvgIpc) is 3.07. The third-order valence-electron chi connectivity index (χ3n) is 3.01. The van der Waals surface area contributed by atoms with Gasteiger partial charge in [-0.25, -0.2) is 9.67 Å². The van der Waals surface area contributed by atoms with Gasteiger partial charge in [0.05, 0.1) is 6.04 Å². The summed E-state index contributed by atoms with van der Waals surface area (Å²) in [5.74, 6) is 1.33. The fourth-order valence-electron chi connectivity index (χ4n) is 1.86. The molecule has 1 unspecified atom stereocenters. The number of nitrogens with zero attached hydrogens (tertiary/aromatic N) is 4. The highest BCUT2D eigenvalue weighted by molar-refractivity contribution is 5.92. The predicted octanol–water partition coefficient (Wildman–Crippen LogP) is 1.90. The van der Waals surface area contributed by atoms with E-state index in [9.17, 15) is 4.79 Å². The largest absolute Gasteiger partial charge is 0.360 e. The van der Waals surface area contributed by atoms with E-state index in [0.717, 1.165) is 0 Å². The van der Waals surface area contributed by atoms with Crippen LogP contribution in [-0.4, -0.2) is 25.8 Å². The third kappa shape index (κ3) is 2.87. The molecule has 1 amide bonds. The number of rotatable bonds is 5. The molecular formula is C13H19N5O2. The molecule has 0 aliphatic carbocycles. The van der Waals surface area contributed by atoms with Crippen LogP contribution in [-0.2, 0) is 6.54 Å². The van der Waals surface area contributed by atoms with Gasteiger partial charge in [-0.05, 0) is 13.8 Å². The number of hydrogen-bond donors (Lipinski definition) is 1. The minimum Gasteiger partial charge on any atom is -0.360 e. The normalized spacial score (nSPS) is 12.7. The van der Waals surface area contributed by atoms with Gasteiger partial charge < -0.3 is 9.84 Å². The second-order valence-electron chi connectivity index (χ2n) is 4.90. The maximum Gasteiger partial charge on any atom is 0.274 e. The Balaban J connectivity index is 2.07. The lowest BCUT2D eigenvalue weighted by Gasteiger charge is -2.12. The van der Waals surface area contributed by atoms with Crippen molar-refractivity contribution in [3.63, 3.8) is 0 Å². The van der Waals surface area contributed by atoms with E-state index in [2.05, 4.69) is 20.6 Å². The summed E-state index contributed by atoms with van der Waals surface area (Å²) in [6.07, 6.45) is 1.48. The van der Waals surface area contributed by atoms with Crippen molar-refractivity contribution in [2.24, 2.45) is 0 Å². The highest BCUT2D eigenvalue weighted by atomic mass is 16.5. The van der Waals surface area contributed by atoms with Gasteiger partial charge >= 0.3 is 0 Å². The smallest absolute Gasteiger partial charge is 0.274 e. The molecule has 1 N–H and O–H groups in total. The number of aromatic nitrogens is 4. The van der Waals surface area contributed by atoms with Gasteiger partial charge in [-0.2, -0.15) is 5.10 Å². The zero-order valence-electron chi connectivity index (χ0n) is 12.1. The van der Waals surface area contributed by atoms with Crippen molar-refractivity contribution in [1.82, 2.24) is 25.2 Å². The maximum atomic E-state index is 12.1. The van der Waals surface area contributed by atoms with Crippen LogP contribution in [0.15, 0.2) is 16.9 Å². The first-order valence-corrected chi connectivity index (χ1v) is 6.68. The van der Waals surface area contributed by atoms with Gasteiger partial charge in [0.1, 0.15) is 17.9 Å². The van der Waals surface area contributed by atoms with Crippen molar-refractivity contribution in [3.8, 4) is 0 Å². The van der Waals surface area contributed by atoms with Gasteiger partial charge in [-0.1, -0.05) is 19.0 Å². The Bertz CT molecular complexity index is 587. The van der Waals surface area contributed by atoms with Gasteiger partial charge in [0, 0.05) is 18.5 Å². The summed E-state index contributed by atoms with van der Waals surface area (Å²) in [6, 6.07) is 1.42. The Kier molecular flexibility index (Phi) is 4.16. The van der Waals surface area contributed by atoms with Crippen LogP contribution in [0.1, 0.15) is 61.7 Å². The summed E-state index contributed by atoms with van der Waals surface area (Å²) < 4.78 is 6.86. The van der Waals surface area contributed by atoms with E-state index in [0.29, 0.717) is 18.1 Å². The summed E-state index contributed by atoms with van der Waals surface area (Å²) in [5.41, 5.74) is 0.281. The zero-order chi connectivity index (χ0) is 14.7. The number of hydrogen-bond acceptors (Lipinski definition) is 5. The number of carbonyl (C=O) groups excluding carboxylic acids is 1. The monoisotopic (exact) mass is 277 g/mol. The molecule has 2 aromatic heterocycles. The Morgan fingerprint density at radius 2 is 2.20 bits per heavy atom. The summed E-state index contributed by atoms with van der Waals surface area (Å²) in [5, 5.41) is 10.7. The lowest BCUT2D eigenvalue weighted by atomic mass is 10.1. The molecule has 108 valence electrons. The van der Waals surface area contributed by atoms with Crippen LogP contribution in [0.2, 0.25) is 0 Å². The van der Waals surface area contributed by atoms with Crippen LogP contribution < -0.4 is 5.32 Å². The summed E-state index contributed by atoms with van der Waals surface area (Å²) in [7, 11) is 0. The molecule has 2 rings (SSSR count). The first-order valence-electron chi connectivity index (χ1n) is 6.68. The van der Waals surface area contributed by atoms with Gasteiger partial charge in [0.15, 0.2) is 5.69 Å². The Labute approximate surface area is 117 Å². The molecule has 7 heteroatoms. The van der Waals surface area contributed by atoms with Crippen LogP contribution in [0, 0.1) is 0 Å².